The second kappa shape index (κ2) is 7.06. The molecule has 0 radical (unpaired) electrons. The van der Waals surface area contributed by atoms with E-state index >= 15 is 0 Å². The number of aromatic nitrogens is 6. The molecule has 2 N–H and O–H groups in total. The van der Waals surface area contributed by atoms with Gasteiger partial charge in [-0.2, -0.15) is 5.10 Å². The van der Waals surface area contributed by atoms with Crippen molar-refractivity contribution in [2.75, 3.05) is 19.0 Å². The van der Waals surface area contributed by atoms with Crippen LogP contribution < -0.4 is 10.1 Å². The number of methoxy groups -OCH3 is 1. The van der Waals surface area contributed by atoms with E-state index in [1.165, 1.54) is 0 Å². The zero-order valence-corrected chi connectivity index (χ0v) is 15.5. The number of anilines is 1. The van der Waals surface area contributed by atoms with Gasteiger partial charge in [-0.3, -0.25) is 4.68 Å². The van der Waals surface area contributed by atoms with Crippen molar-refractivity contribution in [2.45, 2.75) is 13.3 Å². The number of nitrogens with zero attached hydrogens (tertiary/aromatic N) is 5. The van der Waals surface area contributed by atoms with Crippen LogP contribution in [0, 0.1) is 6.92 Å². The molecule has 4 rings (SSSR count). The Bertz CT molecular complexity index is 1080. The average Bonchev–Trinajstić information content (AvgIpc) is 3.28. The molecule has 3 aromatic heterocycles. The molecular weight excluding hydrogens is 342 g/mol. The number of fused-ring (bicyclic) bond motifs is 1. The molecule has 0 aliphatic heterocycles. The van der Waals surface area contributed by atoms with Crippen molar-refractivity contribution in [2.24, 2.45) is 7.05 Å². The summed E-state index contributed by atoms with van der Waals surface area (Å²) in [5, 5.41) is 7.48. The lowest BCUT2D eigenvalue weighted by atomic mass is 10.1. The van der Waals surface area contributed by atoms with Crippen LogP contribution in [0.5, 0.6) is 5.75 Å². The third-order valence-corrected chi connectivity index (χ3v) is 4.33. The first kappa shape index (κ1) is 17.0. The van der Waals surface area contributed by atoms with Gasteiger partial charge in [0.25, 0.3) is 0 Å². The highest BCUT2D eigenvalue weighted by Crippen LogP contribution is 2.21. The lowest BCUT2D eigenvalue weighted by Gasteiger charge is -2.07. The van der Waals surface area contributed by atoms with Crippen LogP contribution in [0.1, 0.15) is 11.4 Å². The highest BCUT2D eigenvalue weighted by molar-refractivity contribution is 5.76. The number of aromatic amines is 1. The average molecular weight is 363 g/mol. The van der Waals surface area contributed by atoms with E-state index in [4.69, 9.17) is 4.74 Å². The van der Waals surface area contributed by atoms with Gasteiger partial charge >= 0.3 is 0 Å². The molecule has 3 heterocycles. The summed E-state index contributed by atoms with van der Waals surface area (Å²) < 4.78 is 7.01. The fraction of sp³-hybridized carbons (Fsp3) is 0.263. The van der Waals surface area contributed by atoms with Crippen LogP contribution in [0.2, 0.25) is 0 Å². The predicted molar refractivity (Wildman–Crippen MR) is 104 cm³/mol. The van der Waals surface area contributed by atoms with Crippen LogP contribution in [0.3, 0.4) is 0 Å². The highest BCUT2D eigenvalue weighted by Gasteiger charge is 2.09. The number of hydrogen-bond donors (Lipinski definition) is 2. The van der Waals surface area contributed by atoms with Gasteiger partial charge in [0.1, 0.15) is 11.6 Å². The molecule has 27 heavy (non-hydrogen) atoms. The summed E-state index contributed by atoms with van der Waals surface area (Å²) in [4.78, 5) is 16.9. The molecule has 0 aliphatic rings. The standard InChI is InChI=1S/C19H21N7O/c1-12-9-21-19(25-18(12)13-10-22-26(2)11-13)20-7-6-17-23-15-5-4-14(27-3)8-16(15)24-17/h4-5,8-11H,6-7H2,1-3H3,(H,23,24)(H,20,21,25). The smallest absolute Gasteiger partial charge is 0.223 e. The van der Waals surface area contributed by atoms with Crippen molar-refractivity contribution < 1.29 is 4.74 Å². The van der Waals surface area contributed by atoms with E-state index in [0.717, 1.165) is 45.8 Å². The van der Waals surface area contributed by atoms with Gasteiger partial charge < -0.3 is 15.0 Å². The van der Waals surface area contributed by atoms with Gasteiger partial charge in [0.15, 0.2) is 0 Å². The Balaban J connectivity index is 1.44. The van der Waals surface area contributed by atoms with E-state index in [1.54, 1.807) is 11.8 Å². The molecule has 138 valence electrons. The number of imidazole rings is 1. The molecule has 1 aromatic carbocycles. The van der Waals surface area contributed by atoms with Crippen molar-refractivity contribution in [1.82, 2.24) is 29.7 Å². The fourth-order valence-corrected chi connectivity index (χ4v) is 2.94. The van der Waals surface area contributed by atoms with Crippen molar-refractivity contribution in [3.63, 3.8) is 0 Å². The molecule has 8 heteroatoms. The molecule has 0 aliphatic carbocycles. The summed E-state index contributed by atoms with van der Waals surface area (Å²) in [6, 6.07) is 5.80. The molecule has 0 amide bonds. The lowest BCUT2D eigenvalue weighted by molar-refractivity contribution is 0.415. The lowest BCUT2D eigenvalue weighted by Crippen LogP contribution is -2.09. The second-order valence-electron chi connectivity index (χ2n) is 6.37. The topological polar surface area (TPSA) is 93.5 Å². The zero-order valence-electron chi connectivity index (χ0n) is 15.5. The monoisotopic (exact) mass is 363 g/mol. The maximum atomic E-state index is 5.25. The van der Waals surface area contributed by atoms with E-state index < -0.39 is 0 Å². The van der Waals surface area contributed by atoms with Crippen LogP contribution in [0.4, 0.5) is 5.95 Å². The van der Waals surface area contributed by atoms with Crippen LogP contribution >= 0.6 is 0 Å². The van der Waals surface area contributed by atoms with Gasteiger partial charge in [0, 0.05) is 44.0 Å². The number of benzene rings is 1. The molecule has 0 saturated heterocycles. The highest BCUT2D eigenvalue weighted by atomic mass is 16.5. The van der Waals surface area contributed by atoms with E-state index in [2.05, 4.69) is 30.4 Å². The molecule has 8 nitrogen and oxygen atoms in total. The molecule has 0 unspecified atom stereocenters. The summed E-state index contributed by atoms with van der Waals surface area (Å²) in [6.07, 6.45) is 6.31. The SMILES string of the molecule is COc1ccc2nc(CCNc3ncc(C)c(-c4cnn(C)c4)n3)[nH]c2c1. The van der Waals surface area contributed by atoms with E-state index in [0.29, 0.717) is 12.5 Å². The van der Waals surface area contributed by atoms with Gasteiger partial charge in [0.05, 0.1) is 30.0 Å². The first-order valence-electron chi connectivity index (χ1n) is 8.71. The number of H-pyrrole nitrogens is 1. The minimum Gasteiger partial charge on any atom is -0.497 e. The van der Waals surface area contributed by atoms with Crippen LogP contribution in [0.25, 0.3) is 22.3 Å². The van der Waals surface area contributed by atoms with Gasteiger partial charge in [-0.05, 0) is 24.6 Å². The molecular formula is C19H21N7O. The summed E-state index contributed by atoms with van der Waals surface area (Å²) >= 11 is 0. The Hall–Kier alpha value is -3.42. The number of aryl methyl sites for hydroxylation is 2. The minimum atomic E-state index is 0.595. The summed E-state index contributed by atoms with van der Waals surface area (Å²) in [5.41, 5.74) is 4.77. The van der Waals surface area contributed by atoms with Crippen molar-refractivity contribution >= 4 is 17.0 Å². The molecule has 0 fully saturated rings. The van der Waals surface area contributed by atoms with E-state index in [9.17, 15) is 0 Å². The van der Waals surface area contributed by atoms with Crippen molar-refractivity contribution in [3.8, 4) is 17.0 Å². The molecule has 0 saturated carbocycles. The number of rotatable bonds is 6. The third-order valence-electron chi connectivity index (χ3n) is 4.33. The maximum absolute atomic E-state index is 5.25. The summed E-state index contributed by atoms with van der Waals surface area (Å²) in [7, 11) is 3.55. The van der Waals surface area contributed by atoms with Gasteiger partial charge in [-0.15, -0.1) is 0 Å². The molecule has 0 spiro atoms. The zero-order chi connectivity index (χ0) is 18.8. The molecule has 0 atom stereocenters. The van der Waals surface area contributed by atoms with Crippen molar-refractivity contribution in [1.29, 1.82) is 0 Å². The Kier molecular flexibility index (Phi) is 4.45. The quantitative estimate of drug-likeness (QED) is 0.547. The maximum Gasteiger partial charge on any atom is 0.223 e. The van der Waals surface area contributed by atoms with Crippen molar-refractivity contribution in [3.05, 3.63) is 48.2 Å². The first-order chi connectivity index (χ1) is 13.1. The number of ether oxygens (including phenoxy) is 1. The number of hydrogen-bond acceptors (Lipinski definition) is 6. The van der Waals surface area contributed by atoms with Crippen LogP contribution in [-0.4, -0.2) is 43.4 Å². The Morgan fingerprint density at radius 2 is 2.11 bits per heavy atom. The molecule has 4 aromatic rings. The van der Waals surface area contributed by atoms with E-state index in [-0.39, 0.29) is 0 Å². The van der Waals surface area contributed by atoms with Gasteiger partial charge in [0.2, 0.25) is 5.95 Å². The third kappa shape index (κ3) is 3.59. The van der Waals surface area contributed by atoms with E-state index in [1.807, 2.05) is 50.8 Å². The summed E-state index contributed by atoms with van der Waals surface area (Å²) in [6.45, 7) is 2.67. The Labute approximate surface area is 156 Å². The van der Waals surface area contributed by atoms with Crippen LogP contribution in [0.15, 0.2) is 36.8 Å². The van der Waals surface area contributed by atoms with Gasteiger partial charge in [-0.1, -0.05) is 0 Å². The minimum absolute atomic E-state index is 0.595. The largest absolute Gasteiger partial charge is 0.497 e. The first-order valence-corrected chi connectivity index (χ1v) is 8.71. The summed E-state index contributed by atoms with van der Waals surface area (Å²) in [5.74, 6) is 2.31. The van der Waals surface area contributed by atoms with Crippen LogP contribution in [-0.2, 0) is 13.5 Å². The molecule has 0 bridgehead atoms. The Morgan fingerprint density at radius 1 is 1.22 bits per heavy atom. The normalized spacial score (nSPS) is 11.1. The second-order valence-corrected chi connectivity index (χ2v) is 6.37. The predicted octanol–water partition coefficient (Wildman–Crippen LogP) is 2.73. The fourth-order valence-electron chi connectivity index (χ4n) is 2.94. The Morgan fingerprint density at radius 3 is 2.89 bits per heavy atom. The number of nitrogens with one attached hydrogen (secondary N) is 2. The van der Waals surface area contributed by atoms with Gasteiger partial charge in [-0.25, -0.2) is 15.0 Å².